The van der Waals surface area contributed by atoms with Crippen molar-refractivity contribution in [2.45, 2.75) is 12.6 Å². The first-order valence-electron chi connectivity index (χ1n) is 6.16. The van der Waals surface area contributed by atoms with Crippen LogP contribution in [0.3, 0.4) is 0 Å². The van der Waals surface area contributed by atoms with E-state index in [9.17, 15) is 0 Å². The third-order valence-electron chi connectivity index (χ3n) is 3.12. The molecule has 3 aromatic rings. The zero-order valence-corrected chi connectivity index (χ0v) is 10.5. The molecule has 1 atom stereocenters. The van der Waals surface area contributed by atoms with Gasteiger partial charge in [0.05, 0.1) is 17.3 Å². The van der Waals surface area contributed by atoms with Crippen molar-refractivity contribution in [3.8, 4) is 0 Å². The smallest absolute Gasteiger partial charge is 0.135 e. The Bertz CT molecular complexity index is 697. The van der Waals surface area contributed by atoms with Crippen LogP contribution in [0.25, 0.3) is 11.0 Å². The number of hydrogen-bond donors (Lipinski definition) is 1. The fraction of sp³-hybridized carbons (Fsp3) is 0.133. The van der Waals surface area contributed by atoms with Gasteiger partial charge in [0.25, 0.3) is 0 Å². The molecule has 0 spiro atoms. The summed E-state index contributed by atoms with van der Waals surface area (Å²) in [6.07, 6.45) is 3.46. The lowest BCUT2D eigenvalue weighted by Gasteiger charge is -2.11. The maximum absolute atomic E-state index is 6.24. The van der Waals surface area contributed by atoms with E-state index in [0.717, 1.165) is 16.9 Å². The molecule has 0 aliphatic rings. The molecule has 2 aromatic heterocycles. The van der Waals surface area contributed by atoms with Gasteiger partial charge in [0, 0.05) is 6.54 Å². The highest BCUT2D eigenvalue weighted by Crippen LogP contribution is 2.24. The normalized spacial score (nSPS) is 12.7. The predicted octanol–water partition coefficient (Wildman–Crippen LogP) is 2.86. The number of nitrogens with two attached hydrogens (primary N) is 1. The number of rotatable bonds is 4. The van der Waals surface area contributed by atoms with Gasteiger partial charge >= 0.3 is 0 Å². The molecule has 4 heteroatoms. The second kappa shape index (κ2) is 4.74. The highest BCUT2D eigenvalue weighted by atomic mass is 16.3. The number of para-hydroxylation sites is 2. The van der Waals surface area contributed by atoms with Crippen LogP contribution in [0.5, 0.6) is 0 Å². The Morgan fingerprint density at radius 1 is 1.32 bits per heavy atom. The molecule has 3 rings (SSSR count). The topological polar surface area (TPSA) is 57.0 Å². The van der Waals surface area contributed by atoms with Crippen LogP contribution < -0.4 is 5.73 Å². The van der Waals surface area contributed by atoms with Crippen LogP contribution >= 0.6 is 0 Å². The number of allylic oxidation sites excluding steroid dienone is 1. The Morgan fingerprint density at radius 3 is 2.89 bits per heavy atom. The van der Waals surface area contributed by atoms with E-state index in [1.165, 1.54) is 0 Å². The highest BCUT2D eigenvalue weighted by Gasteiger charge is 2.19. The molecule has 0 fully saturated rings. The Labute approximate surface area is 111 Å². The van der Waals surface area contributed by atoms with Gasteiger partial charge in [-0.05, 0) is 24.3 Å². The van der Waals surface area contributed by atoms with E-state index in [0.29, 0.717) is 12.3 Å². The third kappa shape index (κ3) is 1.96. The van der Waals surface area contributed by atoms with Crippen molar-refractivity contribution in [2.24, 2.45) is 5.73 Å². The average molecular weight is 253 g/mol. The molecular weight excluding hydrogens is 238 g/mol. The second-order valence-electron chi connectivity index (χ2n) is 4.35. The average Bonchev–Trinajstić information content (AvgIpc) is 3.06. The van der Waals surface area contributed by atoms with Crippen molar-refractivity contribution in [1.82, 2.24) is 9.55 Å². The lowest BCUT2D eigenvalue weighted by Crippen LogP contribution is -2.17. The van der Waals surface area contributed by atoms with Crippen molar-refractivity contribution in [3.05, 3.63) is 66.9 Å². The molecule has 96 valence electrons. The van der Waals surface area contributed by atoms with E-state index in [2.05, 4.69) is 16.1 Å². The molecule has 1 aromatic carbocycles. The monoisotopic (exact) mass is 253 g/mol. The highest BCUT2D eigenvalue weighted by molar-refractivity contribution is 5.76. The van der Waals surface area contributed by atoms with Crippen molar-refractivity contribution in [1.29, 1.82) is 0 Å². The van der Waals surface area contributed by atoms with Gasteiger partial charge in [0.2, 0.25) is 0 Å². The summed E-state index contributed by atoms with van der Waals surface area (Å²) in [5.74, 6) is 1.50. The van der Waals surface area contributed by atoms with E-state index in [-0.39, 0.29) is 6.04 Å². The lowest BCUT2D eigenvalue weighted by molar-refractivity contribution is 0.477. The Balaban J connectivity index is 2.16. The summed E-state index contributed by atoms with van der Waals surface area (Å²) in [5, 5.41) is 0. The van der Waals surface area contributed by atoms with Crippen LogP contribution in [-0.4, -0.2) is 9.55 Å². The standard InChI is InChI=1S/C15H15N3O/c1-2-9-18-12-7-4-3-6-11(12)17-15(18)14(16)13-8-5-10-19-13/h2-8,10,14H,1,9,16H2. The van der Waals surface area contributed by atoms with Crippen LogP contribution in [0.4, 0.5) is 0 Å². The number of furan rings is 1. The van der Waals surface area contributed by atoms with Gasteiger partial charge in [-0.15, -0.1) is 6.58 Å². The maximum Gasteiger partial charge on any atom is 0.135 e. The van der Waals surface area contributed by atoms with E-state index >= 15 is 0 Å². The predicted molar refractivity (Wildman–Crippen MR) is 74.7 cm³/mol. The van der Waals surface area contributed by atoms with Gasteiger partial charge in [-0.2, -0.15) is 0 Å². The van der Waals surface area contributed by atoms with Gasteiger partial charge in [-0.25, -0.2) is 4.98 Å². The fourth-order valence-corrected chi connectivity index (χ4v) is 2.25. The largest absolute Gasteiger partial charge is 0.467 e. The number of aromatic nitrogens is 2. The van der Waals surface area contributed by atoms with E-state index < -0.39 is 0 Å². The van der Waals surface area contributed by atoms with E-state index in [4.69, 9.17) is 10.2 Å². The van der Waals surface area contributed by atoms with Crippen LogP contribution in [0.1, 0.15) is 17.6 Å². The SMILES string of the molecule is C=CCn1c(C(N)c2ccco2)nc2ccccc21. The first-order valence-corrected chi connectivity index (χ1v) is 6.16. The number of benzene rings is 1. The maximum atomic E-state index is 6.24. The molecule has 0 bridgehead atoms. The molecule has 0 saturated carbocycles. The van der Waals surface area contributed by atoms with Gasteiger partial charge in [-0.3, -0.25) is 0 Å². The summed E-state index contributed by atoms with van der Waals surface area (Å²) < 4.78 is 7.44. The molecule has 0 amide bonds. The minimum absolute atomic E-state index is 0.373. The van der Waals surface area contributed by atoms with Gasteiger partial charge in [0.1, 0.15) is 17.6 Å². The van der Waals surface area contributed by atoms with Crippen LogP contribution in [0, 0.1) is 0 Å². The summed E-state index contributed by atoms with van der Waals surface area (Å²) in [5.41, 5.74) is 8.23. The molecular formula is C15H15N3O. The molecule has 19 heavy (non-hydrogen) atoms. The van der Waals surface area contributed by atoms with Crippen molar-refractivity contribution >= 4 is 11.0 Å². The first-order chi connectivity index (χ1) is 9.31. The minimum atomic E-state index is -0.373. The molecule has 2 N–H and O–H groups in total. The van der Waals surface area contributed by atoms with Crippen molar-refractivity contribution < 1.29 is 4.42 Å². The van der Waals surface area contributed by atoms with Crippen LogP contribution in [-0.2, 0) is 6.54 Å². The second-order valence-corrected chi connectivity index (χ2v) is 4.35. The lowest BCUT2D eigenvalue weighted by atomic mass is 10.2. The summed E-state index contributed by atoms with van der Waals surface area (Å²) >= 11 is 0. The minimum Gasteiger partial charge on any atom is -0.467 e. The first kappa shape index (κ1) is 11.7. The molecule has 0 aliphatic carbocycles. The zero-order valence-electron chi connectivity index (χ0n) is 10.5. The molecule has 2 heterocycles. The number of imidazole rings is 1. The quantitative estimate of drug-likeness (QED) is 0.727. The Hall–Kier alpha value is -2.33. The molecule has 0 radical (unpaired) electrons. The molecule has 4 nitrogen and oxygen atoms in total. The van der Waals surface area contributed by atoms with Gasteiger partial charge in [-0.1, -0.05) is 18.2 Å². The summed E-state index contributed by atoms with van der Waals surface area (Å²) in [6.45, 7) is 4.46. The fourth-order valence-electron chi connectivity index (χ4n) is 2.25. The number of nitrogens with zero attached hydrogens (tertiary/aromatic N) is 2. The Kier molecular flexibility index (Phi) is 2.93. The van der Waals surface area contributed by atoms with Crippen LogP contribution in [0.2, 0.25) is 0 Å². The van der Waals surface area contributed by atoms with E-state index in [1.54, 1.807) is 6.26 Å². The van der Waals surface area contributed by atoms with Gasteiger partial charge in [0.15, 0.2) is 0 Å². The number of fused-ring (bicyclic) bond motifs is 1. The van der Waals surface area contributed by atoms with Gasteiger partial charge < -0.3 is 14.7 Å². The van der Waals surface area contributed by atoms with E-state index in [1.807, 2.05) is 42.5 Å². The zero-order chi connectivity index (χ0) is 13.2. The molecule has 0 aliphatic heterocycles. The third-order valence-corrected chi connectivity index (χ3v) is 3.12. The van der Waals surface area contributed by atoms with Crippen molar-refractivity contribution in [2.75, 3.05) is 0 Å². The molecule has 1 unspecified atom stereocenters. The Morgan fingerprint density at radius 2 is 2.16 bits per heavy atom. The molecule has 0 saturated heterocycles. The number of hydrogen-bond acceptors (Lipinski definition) is 3. The summed E-state index contributed by atoms with van der Waals surface area (Å²) in [6, 6.07) is 11.3. The summed E-state index contributed by atoms with van der Waals surface area (Å²) in [4.78, 5) is 4.62. The van der Waals surface area contributed by atoms with Crippen LogP contribution in [0.15, 0.2) is 59.7 Å². The van der Waals surface area contributed by atoms with Crippen molar-refractivity contribution in [3.63, 3.8) is 0 Å². The summed E-state index contributed by atoms with van der Waals surface area (Å²) in [7, 11) is 0.